The number of thioether (sulfide) groups is 1. The summed E-state index contributed by atoms with van der Waals surface area (Å²) in [5.74, 6) is -0.00718. The van der Waals surface area contributed by atoms with Crippen LogP contribution in [0.3, 0.4) is 0 Å². The minimum absolute atomic E-state index is 0.00718. The van der Waals surface area contributed by atoms with E-state index in [0.29, 0.717) is 0 Å². The first-order valence-corrected chi connectivity index (χ1v) is 9.39. The van der Waals surface area contributed by atoms with Crippen molar-refractivity contribution in [2.24, 2.45) is 0 Å². The molecule has 128 valence electrons. The third-order valence-corrected chi connectivity index (χ3v) is 5.51. The van der Waals surface area contributed by atoms with Gasteiger partial charge in [0, 0.05) is 27.6 Å². The van der Waals surface area contributed by atoms with Gasteiger partial charge in [-0.1, -0.05) is 54.6 Å². The van der Waals surface area contributed by atoms with Gasteiger partial charge in [0.15, 0.2) is 0 Å². The molecule has 1 atom stereocenters. The van der Waals surface area contributed by atoms with Gasteiger partial charge in [-0.2, -0.15) is 0 Å². The number of pyridine rings is 1. The third kappa shape index (κ3) is 3.28. The second-order valence-corrected chi connectivity index (χ2v) is 7.48. The van der Waals surface area contributed by atoms with Crippen LogP contribution in [-0.4, -0.2) is 16.1 Å². The van der Waals surface area contributed by atoms with Crippen molar-refractivity contribution in [3.05, 3.63) is 79.0 Å². The van der Waals surface area contributed by atoms with Gasteiger partial charge in [0.05, 0.1) is 10.8 Å². The van der Waals surface area contributed by atoms with Crippen LogP contribution >= 0.6 is 11.8 Å². The Kier molecular flexibility index (Phi) is 4.59. The molecule has 0 saturated heterocycles. The predicted octanol–water partition coefficient (Wildman–Crippen LogP) is 5.51. The van der Waals surface area contributed by atoms with Crippen molar-refractivity contribution < 1.29 is 4.79 Å². The van der Waals surface area contributed by atoms with Gasteiger partial charge in [-0.25, -0.2) is 0 Å². The normalized spacial score (nSPS) is 12.2. The van der Waals surface area contributed by atoms with Gasteiger partial charge in [-0.15, -0.1) is 11.8 Å². The lowest BCUT2D eigenvalue weighted by Crippen LogP contribution is -2.22. The fourth-order valence-corrected chi connectivity index (χ4v) is 3.97. The quantitative estimate of drug-likeness (QED) is 0.489. The maximum atomic E-state index is 12.7. The summed E-state index contributed by atoms with van der Waals surface area (Å²) in [4.78, 5) is 18.2. The smallest absolute Gasteiger partial charge is 0.237 e. The van der Waals surface area contributed by atoms with E-state index in [1.165, 1.54) is 0 Å². The molecule has 0 radical (unpaired) electrons. The largest absolute Gasteiger partial charge is 0.325 e. The lowest BCUT2D eigenvalue weighted by atomic mass is 10.1. The topological polar surface area (TPSA) is 42.0 Å². The highest BCUT2D eigenvalue weighted by Crippen LogP contribution is 2.31. The second-order valence-electron chi connectivity index (χ2n) is 6.10. The number of rotatable bonds is 4. The Labute approximate surface area is 156 Å². The number of fused-ring (bicyclic) bond motifs is 2. The van der Waals surface area contributed by atoms with E-state index in [4.69, 9.17) is 0 Å². The number of nitrogens with zero attached hydrogens (tertiary/aromatic N) is 1. The molecule has 4 heteroatoms. The average Bonchev–Trinajstić information content (AvgIpc) is 2.68. The molecule has 26 heavy (non-hydrogen) atoms. The molecule has 4 rings (SSSR count). The minimum Gasteiger partial charge on any atom is -0.325 e. The molecule has 0 fully saturated rings. The maximum Gasteiger partial charge on any atom is 0.237 e. The van der Waals surface area contributed by atoms with E-state index in [2.05, 4.69) is 10.3 Å². The van der Waals surface area contributed by atoms with E-state index < -0.39 is 0 Å². The molecule has 1 N–H and O–H groups in total. The number of carbonyl (C=O) groups is 1. The summed E-state index contributed by atoms with van der Waals surface area (Å²) in [5, 5.41) is 6.10. The van der Waals surface area contributed by atoms with E-state index in [1.54, 1.807) is 18.0 Å². The zero-order valence-electron chi connectivity index (χ0n) is 14.3. The van der Waals surface area contributed by atoms with Crippen molar-refractivity contribution in [2.45, 2.75) is 17.1 Å². The Morgan fingerprint density at radius 3 is 2.54 bits per heavy atom. The summed E-state index contributed by atoms with van der Waals surface area (Å²) in [6, 6.07) is 24.0. The number of carbonyl (C=O) groups excluding carboxylic acids is 1. The summed E-state index contributed by atoms with van der Waals surface area (Å²) in [6.07, 6.45) is 1.79. The molecule has 0 bridgehead atoms. The predicted molar refractivity (Wildman–Crippen MR) is 110 cm³/mol. The number of anilines is 1. The van der Waals surface area contributed by atoms with Gasteiger partial charge >= 0.3 is 0 Å². The maximum absolute atomic E-state index is 12.7. The van der Waals surface area contributed by atoms with Gasteiger partial charge in [0.25, 0.3) is 0 Å². The first kappa shape index (κ1) is 16.6. The van der Waals surface area contributed by atoms with Crippen LogP contribution in [0.1, 0.15) is 6.92 Å². The summed E-state index contributed by atoms with van der Waals surface area (Å²) >= 11 is 1.55. The molecule has 1 unspecified atom stereocenters. The molecular weight excluding hydrogens is 340 g/mol. The number of benzene rings is 3. The molecule has 0 saturated carbocycles. The van der Waals surface area contributed by atoms with Crippen molar-refractivity contribution in [2.75, 3.05) is 5.32 Å². The van der Waals surface area contributed by atoms with Crippen LogP contribution in [0.15, 0.2) is 83.9 Å². The van der Waals surface area contributed by atoms with Crippen molar-refractivity contribution in [3.8, 4) is 0 Å². The van der Waals surface area contributed by atoms with E-state index in [9.17, 15) is 4.79 Å². The van der Waals surface area contributed by atoms with Crippen LogP contribution < -0.4 is 5.32 Å². The molecule has 0 aliphatic rings. The van der Waals surface area contributed by atoms with E-state index in [1.807, 2.05) is 79.7 Å². The number of para-hydroxylation sites is 1. The van der Waals surface area contributed by atoms with Crippen LogP contribution in [0, 0.1) is 0 Å². The minimum atomic E-state index is -0.222. The SMILES string of the molecule is CC(Sc1ccnc2ccccc12)C(=O)Nc1cccc2ccccc12. The molecule has 1 amide bonds. The lowest BCUT2D eigenvalue weighted by molar-refractivity contribution is -0.115. The summed E-state index contributed by atoms with van der Waals surface area (Å²) < 4.78 is 0. The third-order valence-electron chi connectivity index (χ3n) is 4.33. The Morgan fingerprint density at radius 2 is 1.65 bits per heavy atom. The zero-order valence-corrected chi connectivity index (χ0v) is 15.2. The molecular formula is C22H18N2OS. The van der Waals surface area contributed by atoms with Crippen LogP contribution in [0.25, 0.3) is 21.7 Å². The van der Waals surface area contributed by atoms with Crippen molar-refractivity contribution in [1.29, 1.82) is 0 Å². The lowest BCUT2D eigenvalue weighted by Gasteiger charge is -2.14. The number of aromatic nitrogens is 1. The number of amides is 1. The van der Waals surface area contributed by atoms with E-state index >= 15 is 0 Å². The summed E-state index contributed by atoms with van der Waals surface area (Å²) in [7, 11) is 0. The Bertz CT molecular complexity index is 1080. The molecule has 0 aliphatic carbocycles. The molecule has 0 aliphatic heterocycles. The number of hydrogen-bond acceptors (Lipinski definition) is 3. The van der Waals surface area contributed by atoms with Crippen LogP contribution in [0.2, 0.25) is 0 Å². The Morgan fingerprint density at radius 1 is 0.923 bits per heavy atom. The van der Waals surface area contributed by atoms with E-state index in [-0.39, 0.29) is 11.2 Å². The van der Waals surface area contributed by atoms with Gasteiger partial charge in [-0.05, 0) is 30.5 Å². The standard InChI is InChI=1S/C22H18N2OS/c1-15(26-21-13-14-23-19-11-5-4-10-18(19)21)22(25)24-20-12-6-8-16-7-2-3-9-17(16)20/h2-15H,1H3,(H,24,25). The van der Waals surface area contributed by atoms with Crippen molar-refractivity contribution in [3.63, 3.8) is 0 Å². The van der Waals surface area contributed by atoms with Gasteiger partial charge in [-0.3, -0.25) is 9.78 Å². The molecule has 0 spiro atoms. The van der Waals surface area contributed by atoms with Crippen molar-refractivity contribution in [1.82, 2.24) is 4.98 Å². The first-order valence-electron chi connectivity index (χ1n) is 8.51. The zero-order chi connectivity index (χ0) is 17.9. The molecule has 1 aromatic heterocycles. The molecule has 3 aromatic carbocycles. The van der Waals surface area contributed by atoms with Crippen LogP contribution in [0.5, 0.6) is 0 Å². The average molecular weight is 358 g/mol. The first-order chi connectivity index (χ1) is 12.7. The molecule has 3 nitrogen and oxygen atoms in total. The molecule has 4 aromatic rings. The van der Waals surface area contributed by atoms with Crippen LogP contribution in [-0.2, 0) is 4.79 Å². The fraction of sp³-hybridized carbons (Fsp3) is 0.0909. The summed E-state index contributed by atoms with van der Waals surface area (Å²) in [5.41, 5.74) is 1.79. The fourth-order valence-electron chi connectivity index (χ4n) is 2.99. The Balaban J connectivity index is 1.56. The Hall–Kier alpha value is -2.85. The second kappa shape index (κ2) is 7.18. The summed E-state index contributed by atoms with van der Waals surface area (Å²) in [6.45, 7) is 1.93. The van der Waals surface area contributed by atoms with Gasteiger partial charge in [0.2, 0.25) is 5.91 Å². The number of hydrogen-bond donors (Lipinski definition) is 1. The highest BCUT2D eigenvalue weighted by Gasteiger charge is 2.17. The van der Waals surface area contributed by atoms with Crippen molar-refractivity contribution >= 4 is 45.0 Å². The van der Waals surface area contributed by atoms with Crippen LogP contribution in [0.4, 0.5) is 5.69 Å². The van der Waals surface area contributed by atoms with Gasteiger partial charge in [0.1, 0.15) is 0 Å². The highest BCUT2D eigenvalue weighted by atomic mass is 32.2. The van der Waals surface area contributed by atoms with E-state index in [0.717, 1.165) is 32.3 Å². The highest BCUT2D eigenvalue weighted by molar-refractivity contribution is 8.00. The van der Waals surface area contributed by atoms with Gasteiger partial charge < -0.3 is 5.32 Å². The molecule has 1 heterocycles. The number of nitrogens with one attached hydrogen (secondary N) is 1. The monoisotopic (exact) mass is 358 g/mol.